The van der Waals surface area contributed by atoms with E-state index in [1.54, 1.807) is 60.4 Å². The molecule has 1 heterocycles. The van der Waals surface area contributed by atoms with Crippen molar-refractivity contribution in [1.29, 1.82) is 0 Å². The molecule has 1 aliphatic rings. The monoisotopic (exact) mass is 547 g/mol. The van der Waals surface area contributed by atoms with Crippen LogP contribution in [-0.4, -0.2) is 42.6 Å². The summed E-state index contributed by atoms with van der Waals surface area (Å²) in [6.45, 7) is 4.18. The van der Waals surface area contributed by atoms with E-state index < -0.39 is 12.0 Å². The zero-order valence-corrected chi connectivity index (χ0v) is 22.5. The summed E-state index contributed by atoms with van der Waals surface area (Å²) >= 11 is 5.87. The van der Waals surface area contributed by atoms with E-state index in [2.05, 4.69) is 10.6 Å². The molecule has 1 atom stereocenters. The number of hydrogen-bond donors (Lipinski definition) is 2. The zero-order chi connectivity index (χ0) is 27.8. The largest absolute Gasteiger partial charge is 0.484 e. The van der Waals surface area contributed by atoms with Gasteiger partial charge in [-0.05, 0) is 60.9 Å². The van der Waals surface area contributed by atoms with E-state index in [0.717, 1.165) is 5.56 Å². The summed E-state index contributed by atoms with van der Waals surface area (Å²) < 4.78 is 10.9. The molecule has 8 nitrogen and oxygen atoms in total. The summed E-state index contributed by atoms with van der Waals surface area (Å²) in [4.78, 5) is 40.5. The molecule has 0 saturated carbocycles. The average molecular weight is 548 g/mol. The van der Waals surface area contributed by atoms with Gasteiger partial charge in [-0.3, -0.25) is 9.69 Å². The lowest BCUT2D eigenvalue weighted by Crippen LogP contribution is -2.48. The second kappa shape index (κ2) is 13.0. The molecule has 0 saturated heterocycles. The molecule has 3 aromatic rings. The molecule has 0 unspecified atom stereocenters. The van der Waals surface area contributed by atoms with Crippen LogP contribution in [-0.2, 0) is 14.3 Å². The van der Waals surface area contributed by atoms with Crippen molar-refractivity contribution in [3.8, 4) is 5.75 Å². The highest BCUT2D eigenvalue weighted by molar-refractivity contribution is 6.30. The number of esters is 1. The number of carbonyl (C=O) groups excluding carboxylic acids is 3. The summed E-state index contributed by atoms with van der Waals surface area (Å²) in [5, 5.41) is 6.34. The van der Waals surface area contributed by atoms with Crippen LogP contribution in [0.5, 0.6) is 5.75 Å². The van der Waals surface area contributed by atoms with Crippen LogP contribution in [0, 0.1) is 0 Å². The normalized spacial score (nSPS) is 15.0. The number of hydrogen-bond acceptors (Lipinski definition) is 5. The molecule has 2 N–H and O–H groups in total. The van der Waals surface area contributed by atoms with Gasteiger partial charge in [-0.15, -0.1) is 0 Å². The highest BCUT2D eigenvalue weighted by Crippen LogP contribution is 2.37. The fourth-order valence-corrected chi connectivity index (χ4v) is 4.44. The van der Waals surface area contributed by atoms with Crippen molar-refractivity contribution in [2.75, 3.05) is 25.1 Å². The molecule has 39 heavy (non-hydrogen) atoms. The van der Waals surface area contributed by atoms with Crippen molar-refractivity contribution in [1.82, 2.24) is 10.2 Å². The van der Waals surface area contributed by atoms with Gasteiger partial charge in [-0.25, -0.2) is 9.59 Å². The molecule has 0 spiro atoms. The molecule has 0 radical (unpaired) electrons. The fraction of sp³-hybridized carbons (Fsp3) is 0.233. The highest BCUT2D eigenvalue weighted by atomic mass is 35.5. The predicted octanol–water partition coefficient (Wildman–Crippen LogP) is 5.81. The Labute approximate surface area is 232 Å². The molecular formula is C30H30ClN3O5. The number of nitrogens with one attached hydrogen (secondary N) is 2. The van der Waals surface area contributed by atoms with Gasteiger partial charge in [0.1, 0.15) is 5.75 Å². The minimum absolute atomic E-state index is 0.175. The summed E-state index contributed by atoms with van der Waals surface area (Å²) in [5.74, 6) is -0.306. The lowest BCUT2D eigenvalue weighted by Gasteiger charge is -2.36. The van der Waals surface area contributed by atoms with E-state index in [1.165, 1.54) is 0 Å². The lowest BCUT2D eigenvalue weighted by molar-refractivity contribution is -0.139. The first-order chi connectivity index (χ1) is 18.9. The third-order valence-electron chi connectivity index (χ3n) is 6.03. The first-order valence-corrected chi connectivity index (χ1v) is 13.1. The second-order valence-corrected chi connectivity index (χ2v) is 9.23. The van der Waals surface area contributed by atoms with Gasteiger partial charge in [0.05, 0.1) is 23.9 Å². The van der Waals surface area contributed by atoms with E-state index in [9.17, 15) is 14.4 Å². The minimum atomic E-state index is -0.738. The van der Waals surface area contributed by atoms with Crippen molar-refractivity contribution in [2.24, 2.45) is 0 Å². The number of urea groups is 1. The molecule has 0 bridgehead atoms. The van der Waals surface area contributed by atoms with E-state index in [1.807, 2.05) is 37.3 Å². The van der Waals surface area contributed by atoms with E-state index in [0.29, 0.717) is 46.3 Å². The molecule has 9 heteroatoms. The van der Waals surface area contributed by atoms with E-state index in [-0.39, 0.29) is 25.2 Å². The quantitative estimate of drug-likeness (QED) is 0.312. The fourth-order valence-electron chi connectivity index (χ4n) is 4.31. The van der Waals surface area contributed by atoms with Crippen LogP contribution in [0.3, 0.4) is 0 Å². The standard InChI is InChI=1S/C30H30ClN3O5/c1-3-18-34-28(21-8-6-5-7-9-21)26(29(36)38-4-2)27(33-30(34)37)20-10-14-23(15-11-20)32-25(35)19-39-24-16-12-22(31)13-17-24/h5-17,27H,3-4,18-19H2,1-2H3,(H,32,35)(H,33,37)/t27-/m0/s1. The summed E-state index contributed by atoms with van der Waals surface area (Å²) in [5.41, 5.74) is 2.85. The van der Waals surface area contributed by atoms with Crippen LogP contribution in [0.15, 0.2) is 84.4 Å². The molecule has 1 aliphatic heterocycles. The Morgan fingerprint density at radius 2 is 1.67 bits per heavy atom. The number of carbonyl (C=O) groups is 3. The van der Waals surface area contributed by atoms with Gasteiger partial charge < -0.3 is 20.1 Å². The van der Waals surface area contributed by atoms with Crippen LogP contribution in [0.2, 0.25) is 5.02 Å². The number of rotatable bonds is 10. The number of halogens is 1. The van der Waals surface area contributed by atoms with Crippen LogP contribution in [0.25, 0.3) is 5.70 Å². The van der Waals surface area contributed by atoms with Gasteiger partial charge in [0, 0.05) is 17.3 Å². The smallest absolute Gasteiger partial charge is 0.338 e. The number of ether oxygens (including phenoxy) is 2. The van der Waals surface area contributed by atoms with Crippen molar-refractivity contribution >= 4 is 40.9 Å². The van der Waals surface area contributed by atoms with E-state index >= 15 is 0 Å². The summed E-state index contributed by atoms with van der Waals surface area (Å²) in [7, 11) is 0. The van der Waals surface area contributed by atoms with E-state index in [4.69, 9.17) is 21.1 Å². The Balaban J connectivity index is 1.60. The third-order valence-corrected chi connectivity index (χ3v) is 6.28. The lowest BCUT2D eigenvalue weighted by atomic mass is 9.91. The number of anilines is 1. The maximum absolute atomic E-state index is 13.3. The van der Waals surface area contributed by atoms with Crippen molar-refractivity contribution in [2.45, 2.75) is 26.3 Å². The van der Waals surface area contributed by atoms with Crippen LogP contribution in [0.1, 0.15) is 37.4 Å². The van der Waals surface area contributed by atoms with Gasteiger partial charge in [0.25, 0.3) is 5.91 Å². The molecular weight excluding hydrogens is 518 g/mol. The maximum atomic E-state index is 13.3. The zero-order valence-electron chi connectivity index (χ0n) is 21.8. The Hall–Kier alpha value is -4.30. The van der Waals surface area contributed by atoms with Gasteiger partial charge >= 0.3 is 12.0 Å². The Kier molecular flexibility index (Phi) is 9.22. The molecule has 3 amide bonds. The molecule has 4 rings (SSSR count). The predicted molar refractivity (Wildman–Crippen MR) is 150 cm³/mol. The molecule has 0 aromatic heterocycles. The SMILES string of the molecule is CCCN1C(=O)N[C@@H](c2ccc(NC(=O)COc3ccc(Cl)cc3)cc2)C(C(=O)OCC)=C1c1ccccc1. The highest BCUT2D eigenvalue weighted by Gasteiger charge is 2.38. The Bertz CT molecular complexity index is 1340. The molecule has 3 aromatic carbocycles. The minimum Gasteiger partial charge on any atom is -0.484 e. The van der Waals surface area contributed by atoms with Crippen LogP contribution >= 0.6 is 11.6 Å². The summed E-state index contributed by atoms with van der Waals surface area (Å²) in [6, 6.07) is 22.0. The first kappa shape index (κ1) is 27.7. The van der Waals surface area contributed by atoms with Crippen molar-refractivity contribution < 1.29 is 23.9 Å². The average Bonchev–Trinajstić information content (AvgIpc) is 2.94. The molecule has 202 valence electrons. The van der Waals surface area contributed by atoms with Crippen LogP contribution < -0.4 is 15.4 Å². The van der Waals surface area contributed by atoms with Gasteiger partial charge in [-0.2, -0.15) is 0 Å². The topological polar surface area (TPSA) is 97.0 Å². The Morgan fingerprint density at radius 3 is 2.31 bits per heavy atom. The van der Waals surface area contributed by atoms with Crippen molar-refractivity contribution in [3.63, 3.8) is 0 Å². The van der Waals surface area contributed by atoms with Crippen molar-refractivity contribution in [3.05, 3.63) is 101 Å². The maximum Gasteiger partial charge on any atom is 0.338 e. The summed E-state index contributed by atoms with van der Waals surface area (Å²) in [6.07, 6.45) is 0.709. The van der Waals surface area contributed by atoms with Gasteiger partial charge in [-0.1, -0.05) is 61.0 Å². The Morgan fingerprint density at radius 1 is 0.974 bits per heavy atom. The number of benzene rings is 3. The first-order valence-electron chi connectivity index (χ1n) is 12.7. The van der Waals surface area contributed by atoms with Crippen LogP contribution in [0.4, 0.5) is 10.5 Å². The molecule has 0 aliphatic carbocycles. The molecule has 0 fully saturated rings. The number of nitrogens with zero attached hydrogens (tertiary/aromatic N) is 1. The number of amides is 3. The van der Waals surface area contributed by atoms with Gasteiger partial charge in [0.2, 0.25) is 0 Å². The second-order valence-electron chi connectivity index (χ2n) is 8.80. The van der Waals surface area contributed by atoms with Gasteiger partial charge in [0.15, 0.2) is 6.61 Å². The third kappa shape index (κ3) is 6.78.